The average molecular weight is 280 g/mol. The molecule has 1 aromatic carbocycles. The topological polar surface area (TPSA) is 68.2 Å². The lowest BCUT2D eigenvalue weighted by atomic mass is 9.79. The summed E-state index contributed by atoms with van der Waals surface area (Å²) in [5.74, 6) is 1.24. The molecule has 1 fully saturated rings. The second kappa shape index (κ2) is 7.64. The van der Waals surface area contributed by atoms with Crippen molar-refractivity contribution in [2.45, 2.75) is 19.4 Å². The molecule has 20 heavy (non-hydrogen) atoms. The van der Waals surface area contributed by atoms with Crippen LogP contribution >= 0.6 is 0 Å². The molecule has 0 aliphatic carbocycles. The van der Waals surface area contributed by atoms with E-state index in [1.54, 1.807) is 25.3 Å². The molecule has 0 radical (unpaired) electrons. The number of ether oxygens (including phenoxy) is 3. The standard InChI is InChI=1S/C14H21BO5/c1-18-14-3-2-13(15(16)17)8-12(14)10-20-9-11-4-6-19-7-5-11/h2-3,8,11,16-17H,4-7,9-10H2,1H3. The molecule has 0 unspecified atom stereocenters. The van der Waals surface area contributed by atoms with Crippen molar-refractivity contribution in [1.82, 2.24) is 0 Å². The zero-order chi connectivity index (χ0) is 14.4. The molecule has 110 valence electrons. The second-order valence-electron chi connectivity index (χ2n) is 5.02. The van der Waals surface area contributed by atoms with Crippen molar-refractivity contribution in [2.75, 3.05) is 26.9 Å². The summed E-state index contributed by atoms with van der Waals surface area (Å²) in [6.07, 6.45) is 2.07. The van der Waals surface area contributed by atoms with Gasteiger partial charge >= 0.3 is 7.12 Å². The summed E-state index contributed by atoms with van der Waals surface area (Å²) in [6.45, 7) is 2.71. The maximum Gasteiger partial charge on any atom is 0.488 e. The summed E-state index contributed by atoms with van der Waals surface area (Å²) >= 11 is 0. The molecule has 1 saturated heterocycles. The molecule has 0 atom stereocenters. The van der Waals surface area contributed by atoms with E-state index >= 15 is 0 Å². The van der Waals surface area contributed by atoms with E-state index in [1.807, 2.05) is 0 Å². The lowest BCUT2D eigenvalue weighted by Gasteiger charge is -2.22. The molecule has 1 aliphatic heterocycles. The Bertz CT molecular complexity index is 418. The molecule has 0 bridgehead atoms. The van der Waals surface area contributed by atoms with Crippen molar-refractivity contribution >= 4 is 12.6 Å². The molecule has 0 saturated carbocycles. The number of hydrogen-bond acceptors (Lipinski definition) is 5. The molecule has 1 aromatic rings. The van der Waals surface area contributed by atoms with Crippen LogP contribution in [-0.2, 0) is 16.1 Å². The van der Waals surface area contributed by atoms with Gasteiger partial charge in [-0.3, -0.25) is 0 Å². The molecule has 1 aliphatic rings. The Morgan fingerprint density at radius 3 is 2.70 bits per heavy atom. The highest BCUT2D eigenvalue weighted by atomic mass is 16.5. The van der Waals surface area contributed by atoms with E-state index in [9.17, 15) is 10.0 Å². The van der Waals surface area contributed by atoms with Crippen LogP contribution in [0.5, 0.6) is 5.75 Å². The van der Waals surface area contributed by atoms with Crippen LogP contribution in [0.3, 0.4) is 0 Å². The van der Waals surface area contributed by atoms with E-state index in [0.717, 1.165) is 31.6 Å². The molecule has 0 aromatic heterocycles. The van der Waals surface area contributed by atoms with E-state index in [-0.39, 0.29) is 0 Å². The number of methoxy groups -OCH3 is 1. The second-order valence-corrected chi connectivity index (χ2v) is 5.02. The minimum absolute atomic E-state index is 0.404. The fraction of sp³-hybridized carbons (Fsp3) is 0.571. The predicted octanol–water partition coefficient (Wildman–Crippen LogP) is 0.318. The highest BCUT2D eigenvalue weighted by Gasteiger charge is 2.16. The number of rotatable bonds is 6. The molecular formula is C14H21BO5. The van der Waals surface area contributed by atoms with Gasteiger partial charge in [0.15, 0.2) is 0 Å². The summed E-state index contributed by atoms with van der Waals surface area (Å²) < 4.78 is 16.3. The minimum atomic E-state index is -1.48. The van der Waals surface area contributed by atoms with E-state index in [4.69, 9.17) is 14.2 Å². The zero-order valence-electron chi connectivity index (χ0n) is 11.7. The summed E-state index contributed by atoms with van der Waals surface area (Å²) in [5.41, 5.74) is 1.26. The van der Waals surface area contributed by atoms with Gasteiger partial charge in [-0.05, 0) is 30.3 Å². The van der Waals surface area contributed by atoms with Gasteiger partial charge in [0, 0.05) is 18.8 Å². The Hall–Kier alpha value is -1.08. The molecule has 0 spiro atoms. The van der Waals surface area contributed by atoms with Crippen LogP contribution < -0.4 is 10.2 Å². The number of hydrogen-bond donors (Lipinski definition) is 2. The van der Waals surface area contributed by atoms with Crippen LogP contribution in [0, 0.1) is 5.92 Å². The first-order chi connectivity index (χ1) is 9.70. The summed E-state index contributed by atoms with van der Waals surface area (Å²) in [7, 11) is 0.113. The summed E-state index contributed by atoms with van der Waals surface area (Å²) in [5, 5.41) is 18.4. The van der Waals surface area contributed by atoms with Crippen molar-refractivity contribution in [1.29, 1.82) is 0 Å². The van der Waals surface area contributed by atoms with Gasteiger partial charge in [0.2, 0.25) is 0 Å². The Kier molecular flexibility index (Phi) is 5.85. The first kappa shape index (κ1) is 15.3. The monoisotopic (exact) mass is 280 g/mol. The molecular weight excluding hydrogens is 259 g/mol. The molecule has 2 N–H and O–H groups in total. The Balaban J connectivity index is 1.91. The van der Waals surface area contributed by atoms with Gasteiger partial charge in [0.1, 0.15) is 5.75 Å². The van der Waals surface area contributed by atoms with Crippen LogP contribution in [0.15, 0.2) is 18.2 Å². The van der Waals surface area contributed by atoms with E-state index < -0.39 is 7.12 Å². The Labute approximate surface area is 119 Å². The van der Waals surface area contributed by atoms with Crippen molar-refractivity contribution in [2.24, 2.45) is 5.92 Å². The number of benzene rings is 1. The zero-order valence-corrected chi connectivity index (χ0v) is 11.7. The summed E-state index contributed by atoms with van der Waals surface area (Å²) in [4.78, 5) is 0. The van der Waals surface area contributed by atoms with Crippen LogP contribution in [0.25, 0.3) is 0 Å². The van der Waals surface area contributed by atoms with Crippen molar-refractivity contribution < 1.29 is 24.3 Å². The van der Waals surface area contributed by atoms with Crippen molar-refractivity contribution in [3.63, 3.8) is 0 Å². The molecule has 6 heteroatoms. The van der Waals surface area contributed by atoms with Crippen LogP contribution in [0.2, 0.25) is 0 Å². The SMILES string of the molecule is COc1ccc(B(O)O)cc1COCC1CCOCC1. The Morgan fingerprint density at radius 2 is 2.05 bits per heavy atom. The van der Waals surface area contributed by atoms with Gasteiger partial charge in [-0.2, -0.15) is 0 Å². The maximum atomic E-state index is 9.20. The Morgan fingerprint density at radius 1 is 1.30 bits per heavy atom. The third-order valence-electron chi connectivity index (χ3n) is 3.55. The van der Waals surface area contributed by atoms with Gasteiger partial charge < -0.3 is 24.3 Å². The summed E-state index contributed by atoms with van der Waals surface area (Å²) in [6, 6.07) is 5.06. The molecule has 2 rings (SSSR count). The third kappa shape index (κ3) is 4.21. The fourth-order valence-corrected chi connectivity index (χ4v) is 2.32. The van der Waals surface area contributed by atoms with Crippen LogP contribution in [0.1, 0.15) is 18.4 Å². The van der Waals surface area contributed by atoms with E-state index in [2.05, 4.69) is 0 Å². The molecule has 5 nitrogen and oxygen atoms in total. The van der Waals surface area contributed by atoms with Gasteiger partial charge in [0.05, 0.1) is 20.3 Å². The fourth-order valence-electron chi connectivity index (χ4n) is 2.32. The molecule has 1 heterocycles. The average Bonchev–Trinajstić information content (AvgIpc) is 2.48. The first-order valence-electron chi connectivity index (χ1n) is 6.89. The predicted molar refractivity (Wildman–Crippen MR) is 76.0 cm³/mol. The lowest BCUT2D eigenvalue weighted by Crippen LogP contribution is -2.30. The van der Waals surface area contributed by atoms with Crippen LogP contribution in [0.4, 0.5) is 0 Å². The van der Waals surface area contributed by atoms with E-state index in [0.29, 0.717) is 30.3 Å². The molecule has 0 amide bonds. The largest absolute Gasteiger partial charge is 0.496 e. The minimum Gasteiger partial charge on any atom is -0.496 e. The normalized spacial score (nSPS) is 16.1. The van der Waals surface area contributed by atoms with Crippen LogP contribution in [-0.4, -0.2) is 44.1 Å². The van der Waals surface area contributed by atoms with Gasteiger partial charge in [-0.25, -0.2) is 0 Å². The quantitative estimate of drug-likeness (QED) is 0.734. The van der Waals surface area contributed by atoms with E-state index in [1.165, 1.54) is 0 Å². The van der Waals surface area contributed by atoms with Gasteiger partial charge in [0.25, 0.3) is 0 Å². The third-order valence-corrected chi connectivity index (χ3v) is 3.55. The van der Waals surface area contributed by atoms with Gasteiger partial charge in [-0.15, -0.1) is 0 Å². The maximum absolute atomic E-state index is 9.20. The smallest absolute Gasteiger partial charge is 0.488 e. The highest BCUT2D eigenvalue weighted by Crippen LogP contribution is 2.19. The van der Waals surface area contributed by atoms with Crippen molar-refractivity contribution in [3.8, 4) is 5.75 Å². The lowest BCUT2D eigenvalue weighted by molar-refractivity contribution is 0.0154. The first-order valence-corrected chi connectivity index (χ1v) is 6.89. The van der Waals surface area contributed by atoms with Crippen molar-refractivity contribution in [3.05, 3.63) is 23.8 Å². The highest BCUT2D eigenvalue weighted by molar-refractivity contribution is 6.58. The van der Waals surface area contributed by atoms with Gasteiger partial charge in [-0.1, -0.05) is 12.1 Å².